The van der Waals surface area contributed by atoms with E-state index in [0.29, 0.717) is 17.8 Å². The van der Waals surface area contributed by atoms with Crippen molar-refractivity contribution in [2.24, 2.45) is 5.92 Å². The predicted octanol–water partition coefficient (Wildman–Crippen LogP) is 2.48. The fourth-order valence-corrected chi connectivity index (χ4v) is 3.34. The molecule has 1 saturated heterocycles. The topological polar surface area (TPSA) is 66.9 Å². The summed E-state index contributed by atoms with van der Waals surface area (Å²) in [5, 5.41) is 0. The molecule has 2 aromatic carbocycles. The Bertz CT molecular complexity index is 850. The van der Waals surface area contributed by atoms with Crippen LogP contribution in [-0.2, 0) is 20.9 Å². The number of benzene rings is 2. The lowest BCUT2D eigenvalue weighted by atomic mass is 10.1. The summed E-state index contributed by atoms with van der Waals surface area (Å²) >= 11 is 0. The number of rotatable bonds is 5. The molecule has 2 aromatic rings. The molecular formula is C21H22N2O4. The number of anilines is 1. The van der Waals surface area contributed by atoms with Crippen molar-refractivity contribution in [3.05, 3.63) is 65.7 Å². The van der Waals surface area contributed by atoms with Crippen LogP contribution in [0.1, 0.15) is 22.3 Å². The highest BCUT2D eigenvalue weighted by Crippen LogP contribution is 2.29. The highest BCUT2D eigenvalue weighted by Gasteiger charge is 2.37. The van der Waals surface area contributed by atoms with E-state index in [4.69, 9.17) is 4.74 Å². The summed E-state index contributed by atoms with van der Waals surface area (Å²) in [4.78, 5) is 40.5. The number of hydrogen-bond acceptors (Lipinski definition) is 4. The Labute approximate surface area is 158 Å². The van der Waals surface area contributed by atoms with Crippen LogP contribution in [0.2, 0.25) is 0 Å². The Kier molecular flexibility index (Phi) is 5.54. The molecule has 0 aromatic heterocycles. The van der Waals surface area contributed by atoms with Crippen molar-refractivity contribution in [1.82, 2.24) is 4.90 Å². The quantitative estimate of drug-likeness (QED) is 0.763. The van der Waals surface area contributed by atoms with E-state index in [2.05, 4.69) is 0 Å². The smallest absolute Gasteiger partial charge is 0.339 e. The molecule has 1 fully saturated rings. The molecular weight excluding hydrogens is 344 g/mol. The number of hydrogen-bond donors (Lipinski definition) is 0. The van der Waals surface area contributed by atoms with E-state index < -0.39 is 11.9 Å². The number of carbonyl (C=O) groups excluding carboxylic acids is 3. The third kappa shape index (κ3) is 4.00. The first-order valence-electron chi connectivity index (χ1n) is 8.78. The van der Waals surface area contributed by atoms with E-state index in [0.717, 1.165) is 5.56 Å². The molecule has 6 heteroatoms. The monoisotopic (exact) mass is 366 g/mol. The van der Waals surface area contributed by atoms with Crippen LogP contribution >= 0.6 is 0 Å². The third-order valence-electron chi connectivity index (χ3n) is 4.71. The molecule has 6 nitrogen and oxygen atoms in total. The van der Waals surface area contributed by atoms with Gasteiger partial charge in [-0.1, -0.05) is 42.5 Å². The Hall–Kier alpha value is -3.15. The molecule has 0 N–H and O–H groups in total. The summed E-state index contributed by atoms with van der Waals surface area (Å²) in [7, 11) is 3.04. The number of carbonyl (C=O) groups is 3. The minimum atomic E-state index is -0.505. The summed E-state index contributed by atoms with van der Waals surface area (Å²) in [6.07, 6.45) is 0.132. The van der Waals surface area contributed by atoms with Crippen molar-refractivity contribution in [3.63, 3.8) is 0 Å². The van der Waals surface area contributed by atoms with Gasteiger partial charge in [0, 0.05) is 26.6 Å². The van der Waals surface area contributed by atoms with Crippen LogP contribution in [-0.4, -0.2) is 43.4 Å². The predicted molar refractivity (Wildman–Crippen MR) is 101 cm³/mol. The lowest BCUT2D eigenvalue weighted by molar-refractivity contribution is -0.135. The van der Waals surface area contributed by atoms with E-state index in [9.17, 15) is 14.4 Å². The summed E-state index contributed by atoms with van der Waals surface area (Å²) in [6.45, 7) is 0.744. The Morgan fingerprint density at radius 3 is 2.48 bits per heavy atom. The van der Waals surface area contributed by atoms with Gasteiger partial charge in [-0.2, -0.15) is 0 Å². The lowest BCUT2D eigenvalue weighted by Gasteiger charge is -2.22. The molecule has 0 saturated carbocycles. The Morgan fingerprint density at radius 1 is 1.11 bits per heavy atom. The van der Waals surface area contributed by atoms with Crippen molar-refractivity contribution < 1.29 is 19.1 Å². The van der Waals surface area contributed by atoms with E-state index in [1.807, 2.05) is 30.3 Å². The number of amides is 2. The van der Waals surface area contributed by atoms with E-state index >= 15 is 0 Å². The van der Waals surface area contributed by atoms with E-state index in [1.54, 1.807) is 36.2 Å². The molecule has 0 spiro atoms. The standard InChI is InChI=1S/C21H22N2O4/c1-22(13-15-8-4-3-5-9-15)20(25)16-12-19(24)23(14-16)18-11-7-6-10-17(18)21(26)27-2/h3-11,16H,12-14H2,1-2H3. The maximum atomic E-state index is 12.8. The van der Waals surface area contributed by atoms with Gasteiger partial charge in [-0.15, -0.1) is 0 Å². The summed E-state index contributed by atoms with van der Waals surface area (Å²) in [5.41, 5.74) is 1.83. The van der Waals surface area contributed by atoms with Gasteiger partial charge in [0.2, 0.25) is 11.8 Å². The van der Waals surface area contributed by atoms with Gasteiger partial charge in [0.15, 0.2) is 0 Å². The minimum Gasteiger partial charge on any atom is -0.465 e. The summed E-state index contributed by atoms with van der Waals surface area (Å²) < 4.78 is 4.80. The van der Waals surface area contributed by atoms with Crippen LogP contribution in [0.25, 0.3) is 0 Å². The van der Waals surface area contributed by atoms with Crippen LogP contribution in [0, 0.1) is 5.92 Å². The number of esters is 1. The lowest BCUT2D eigenvalue weighted by Crippen LogP contribution is -2.34. The number of para-hydroxylation sites is 1. The first-order valence-corrected chi connectivity index (χ1v) is 8.78. The van der Waals surface area contributed by atoms with Crippen molar-refractivity contribution in [3.8, 4) is 0 Å². The molecule has 1 atom stereocenters. The van der Waals surface area contributed by atoms with Crippen LogP contribution in [0.3, 0.4) is 0 Å². The van der Waals surface area contributed by atoms with Gasteiger partial charge in [0.05, 0.1) is 24.3 Å². The molecule has 3 rings (SSSR count). The highest BCUT2D eigenvalue weighted by molar-refractivity contribution is 6.05. The zero-order chi connectivity index (χ0) is 19.4. The molecule has 0 radical (unpaired) electrons. The van der Waals surface area contributed by atoms with Gasteiger partial charge in [-0.3, -0.25) is 9.59 Å². The third-order valence-corrected chi connectivity index (χ3v) is 4.71. The van der Waals surface area contributed by atoms with Crippen molar-refractivity contribution in [1.29, 1.82) is 0 Å². The maximum absolute atomic E-state index is 12.8. The van der Waals surface area contributed by atoms with Crippen molar-refractivity contribution in [2.45, 2.75) is 13.0 Å². The molecule has 1 unspecified atom stereocenters. The molecule has 1 aliphatic rings. The zero-order valence-corrected chi connectivity index (χ0v) is 15.4. The number of nitrogens with zero attached hydrogens (tertiary/aromatic N) is 2. The second-order valence-electron chi connectivity index (χ2n) is 6.59. The van der Waals surface area contributed by atoms with Crippen molar-refractivity contribution >= 4 is 23.5 Å². The molecule has 27 heavy (non-hydrogen) atoms. The van der Waals surface area contributed by atoms with Gasteiger partial charge < -0.3 is 14.5 Å². The van der Waals surface area contributed by atoms with Gasteiger partial charge in [-0.05, 0) is 17.7 Å². The summed E-state index contributed by atoms with van der Waals surface area (Å²) in [6, 6.07) is 16.5. The van der Waals surface area contributed by atoms with Gasteiger partial charge in [-0.25, -0.2) is 4.79 Å². The van der Waals surface area contributed by atoms with Gasteiger partial charge in [0.1, 0.15) is 0 Å². The second kappa shape index (κ2) is 8.03. The van der Waals surface area contributed by atoms with Crippen LogP contribution in [0.15, 0.2) is 54.6 Å². The molecule has 140 valence electrons. The fraction of sp³-hybridized carbons (Fsp3) is 0.286. The largest absolute Gasteiger partial charge is 0.465 e. The average molecular weight is 366 g/mol. The first-order chi connectivity index (χ1) is 13.0. The molecule has 1 aliphatic heterocycles. The Morgan fingerprint density at radius 2 is 1.78 bits per heavy atom. The van der Waals surface area contributed by atoms with Gasteiger partial charge in [0.25, 0.3) is 0 Å². The van der Waals surface area contributed by atoms with E-state index in [1.165, 1.54) is 12.0 Å². The molecule has 0 aliphatic carbocycles. The Balaban J connectivity index is 1.74. The molecule has 1 heterocycles. The highest BCUT2D eigenvalue weighted by atomic mass is 16.5. The maximum Gasteiger partial charge on any atom is 0.339 e. The number of ether oxygens (including phenoxy) is 1. The number of methoxy groups -OCH3 is 1. The normalized spacial score (nSPS) is 16.3. The zero-order valence-electron chi connectivity index (χ0n) is 15.4. The fourth-order valence-electron chi connectivity index (χ4n) is 3.34. The van der Waals surface area contributed by atoms with Crippen LogP contribution in [0.5, 0.6) is 0 Å². The second-order valence-corrected chi connectivity index (χ2v) is 6.59. The van der Waals surface area contributed by atoms with Crippen molar-refractivity contribution in [2.75, 3.05) is 25.6 Å². The summed E-state index contributed by atoms with van der Waals surface area (Å²) in [5.74, 6) is -1.19. The molecule has 2 amide bonds. The van der Waals surface area contributed by atoms with Gasteiger partial charge >= 0.3 is 5.97 Å². The minimum absolute atomic E-state index is 0.0785. The molecule has 0 bridgehead atoms. The SMILES string of the molecule is COC(=O)c1ccccc1N1CC(C(=O)N(C)Cc2ccccc2)CC1=O. The van der Waals surface area contributed by atoms with E-state index in [-0.39, 0.29) is 24.8 Å². The average Bonchev–Trinajstić information content (AvgIpc) is 3.09. The first kappa shape index (κ1) is 18.6. The van der Waals surface area contributed by atoms with Crippen LogP contribution in [0.4, 0.5) is 5.69 Å². The van der Waals surface area contributed by atoms with Crippen LogP contribution < -0.4 is 4.90 Å².